The molecule has 4 heteroatoms. The highest BCUT2D eigenvalue weighted by molar-refractivity contribution is 7.09. The first-order valence-electron chi connectivity index (χ1n) is 5.27. The summed E-state index contributed by atoms with van der Waals surface area (Å²) in [5.74, 6) is 0. The van der Waals surface area contributed by atoms with Crippen LogP contribution in [0, 0.1) is 0 Å². The maximum atomic E-state index is 5.02. The first kappa shape index (κ1) is 15.1. The molecule has 1 unspecified atom stereocenters. The summed E-state index contributed by atoms with van der Waals surface area (Å²) in [4.78, 5) is 4.73. The Morgan fingerprint density at radius 2 is 1.94 bits per heavy atom. The zero-order chi connectivity index (χ0) is 12.4. The largest absolute Gasteiger partial charge is 0.399 e. The molecule has 1 atom stereocenters. The van der Waals surface area contributed by atoms with E-state index in [0.717, 1.165) is 16.8 Å². The molecule has 0 heterocycles. The Kier molecular flexibility index (Phi) is 8.78. The van der Waals surface area contributed by atoms with Crippen LogP contribution in [0.5, 0.6) is 0 Å². The molecule has 0 radical (unpaired) electrons. The lowest BCUT2D eigenvalue weighted by molar-refractivity contribution is 0.213. The predicted molar refractivity (Wildman–Crippen MR) is 71.5 cm³/mol. The second kappa shape index (κ2) is 9.32. The lowest BCUT2D eigenvalue weighted by Gasteiger charge is -2.06. The number of oxime groups is 1. The van der Waals surface area contributed by atoms with Gasteiger partial charge in [-0.15, -0.1) is 0 Å². The quantitative estimate of drug-likeness (QED) is 0.459. The third-order valence-electron chi connectivity index (χ3n) is 1.87. The van der Waals surface area contributed by atoms with Crippen LogP contribution in [0.3, 0.4) is 0 Å². The molecule has 0 aliphatic heterocycles. The van der Waals surface area contributed by atoms with E-state index >= 15 is 0 Å². The summed E-state index contributed by atoms with van der Waals surface area (Å²) in [6.07, 6.45) is 0. The highest BCUT2D eigenvalue weighted by Gasteiger charge is 2.04. The summed E-state index contributed by atoms with van der Waals surface area (Å²) in [7, 11) is 3.78. The minimum Gasteiger partial charge on any atom is -0.399 e. The fraction of sp³-hybridized carbons (Fsp3) is 0.417. The van der Waals surface area contributed by atoms with Gasteiger partial charge in [0.1, 0.15) is 7.11 Å². The van der Waals surface area contributed by atoms with Crippen LogP contribution in [0.4, 0.5) is 0 Å². The Morgan fingerprint density at radius 1 is 1.31 bits per heavy atom. The molecule has 0 N–H and O–H groups in total. The lowest BCUT2D eigenvalue weighted by atomic mass is 10.0. The van der Waals surface area contributed by atoms with Crippen molar-refractivity contribution in [2.24, 2.45) is 5.16 Å². The van der Waals surface area contributed by atoms with Crippen LogP contribution >= 0.6 is 9.47 Å². The first-order chi connectivity index (χ1) is 7.79. The number of hydrogen-bond donors (Lipinski definition) is 0. The highest BCUT2D eigenvalue weighted by atomic mass is 31.0. The molecule has 0 aromatic heterocycles. The molecule has 0 aliphatic rings. The van der Waals surface area contributed by atoms with Crippen molar-refractivity contribution in [1.82, 2.24) is 0 Å². The van der Waals surface area contributed by atoms with Gasteiger partial charge in [-0.25, -0.2) is 0 Å². The highest BCUT2D eigenvalue weighted by Crippen LogP contribution is 2.12. The lowest BCUT2D eigenvalue weighted by Crippen LogP contribution is -2.01. The molecular weight excluding hydrogens is 221 g/mol. The standard InChI is InChI=1S/C10H14NO2P.C2H6/c1-8(11-12-2)10-6-4-3-5-9(10)7-13-14;1-2/h3-6H,7,14H2,1-2H3;1-2H3. The van der Waals surface area contributed by atoms with Crippen molar-refractivity contribution in [3.63, 3.8) is 0 Å². The van der Waals surface area contributed by atoms with Crippen LogP contribution in [0.15, 0.2) is 29.4 Å². The van der Waals surface area contributed by atoms with Crippen molar-refractivity contribution in [2.75, 3.05) is 7.11 Å². The second-order valence-corrected chi connectivity index (χ2v) is 3.16. The van der Waals surface area contributed by atoms with E-state index in [1.807, 2.05) is 45.0 Å². The third-order valence-corrected chi connectivity index (χ3v) is 2.04. The van der Waals surface area contributed by atoms with Gasteiger partial charge < -0.3 is 9.36 Å². The van der Waals surface area contributed by atoms with Gasteiger partial charge in [-0.2, -0.15) is 0 Å². The van der Waals surface area contributed by atoms with Crippen LogP contribution in [-0.4, -0.2) is 12.8 Å². The van der Waals surface area contributed by atoms with E-state index in [1.165, 1.54) is 7.11 Å². The maximum Gasteiger partial charge on any atom is 0.106 e. The Labute approximate surface area is 100 Å². The topological polar surface area (TPSA) is 30.8 Å². The SMILES string of the molecule is CC.CON=C(C)c1ccccc1COP. The van der Waals surface area contributed by atoms with Gasteiger partial charge in [-0.1, -0.05) is 43.3 Å². The van der Waals surface area contributed by atoms with Gasteiger partial charge in [-0.05, 0) is 12.5 Å². The van der Waals surface area contributed by atoms with Crippen LogP contribution in [0.2, 0.25) is 0 Å². The molecule has 0 fully saturated rings. The molecule has 0 saturated heterocycles. The van der Waals surface area contributed by atoms with E-state index < -0.39 is 0 Å². The normalized spacial score (nSPS) is 10.4. The van der Waals surface area contributed by atoms with E-state index in [9.17, 15) is 0 Å². The molecule has 0 saturated carbocycles. The van der Waals surface area contributed by atoms with Gasteiger partial charge >= 0.3 is 0 Å². The van der Waals surface area contributed by atoms with Crippen LogP contribution in [0.25, 0.3) is 0 Å². The van der Waals surface area contributed by atoms with Crippen molar-refractivity contribution < 1.29 is 9.36 Å². The summed E-state index contributed by atoms with van der Waals surface area (Å²) in [6, 6.07) is 7.95. The summed E-state index contributed by atoms with van der Waals surface area (Å²) < 4.78 is 5.02. The Morgan fingerprint density at radius 3 is 2.50 bits per heavy atom. The van der Waals surface area contributed by atoms with Crippen molar-refractivity contribution in [3.8, 4) is 0 Å². The van der Waals surface area contributed by atoms with Gasteiger partial charge in [0.05, 0.1) is 12.3 Å². The molecule has 0 bridgehead atoms. The smallest absolute Gasteiger partial charge is 0.106 e. The average Bonchev–Trinajstić information content (AvgIpc) is 2.33. The van der Waals surface area contributed by atoms with E-state index in [0.29, 0.717) is 6.61 Å². The Hall–Kier alpha value is -0.920. The van der Waals surface area contributed by atoms with Crippen molar-refractivity contribution in [3.05, 3.63) is 35.4 Å². The van der Waals surface area contributed by atoms with Gasteiger partial charge in [0.2, 0.25) is 0 Å². The van der Waals surface area contributed by atoms with Gasteiger partial charge in [0.25, 0.3) is 0 Å². The van der Waals surface area contributed by atoms with E-state index in [4.69, 9.17) is 9.36 Å². The Balaban J connectivity index is 0.00000106. The van der Waals surface area contributed by atoms with Gasteiger partial charge in [0, 0.05) is 15.0 Å². The molecule has 16 heavy (non-hydrogen) atoms. The number of rotatable bonds is 4. The molecule has 3 nitrogen and oxygen atoms in total. The second-order valence-electron chi connectivity index (χ2n) is 2.83. The fourth-order valence-electron chi connectivity index (χ4n) is 1.28. The minimum atomic E-state index is 0.553. The van der Waals surface area contributed by atoms with E-state index in [-0.39, 0.29) is 0 Å². The van der Waals surface area contributed by atoms with Gasteiger partial charge in [-0.3, -0.25) is 0 Å². The fourth-order valence-corrected chi connectivity index (χ4v) is 1.45. The average molecular weight is 241 g/mol. The van der Waals surface area contributed by atoms with Crippen molar-refractivity contribution >= 4 is 15.2 Å². The van der Waals surface area contributed by atoms with E-state index in [1.54, 1.807) is 0 Å². The Bertz CT molecular complexity index is 327. The summed E-state index contributed by atoms with van der Waals surface area (Å²) in [5, 5.41) is 3.89. The first-order valence-corrected chi connectivity index (χ1v) is 5.74. The molecule has 0 amide bonds. The number of hydrogen-bond acceptors (Lipinski definition) is 3. The maximum absolute atomic E-state index is 5.02. The molecule has 90 valence electrons. The molecule has 1 rings (SSSR count). The number of nitrogens with zero attached hydrogens (tertiary/aromatic N) is 1. The molecule has 0 aliphatic carbocycles. The van der Waals surface area contributed by atoms with Crippen molar-refractivity contribution in [2.45, 2.75) is 27.4 Å². The summed E-state index contributed by atoms with van der Waals surface area (Å²) >= 11 is 0. The molecule has 1 aromatic rings. The summed E-state index contributed by atoms with van der Waals surface area (Å²) in [5.41, 5.74) is 3.00. The third kappa shape index (κ3) is 4.73. The monoisotopic (exact) mass is 241 g/mol. The summed E-state index contributed by atoms with van der Waals surface area (Å²) in [6.45, 7) is 6.46. The predicted octanol–water partition coefficient (Wildman–Crippen LogP) is 3.39. The zero-order valence-corrected chi connectivity index (χ0v) is 11.5. The van der Waals surface area contributed by atoms with Crippen LogP contribution in [-0.2, 0) is 16.0 Å². The van der Waals surface area contributed by atoms with Crippen molar-refractivity contribution in [1.29, 1.82) is 0 Å². The minimum absolute atomic E-state index is 0.553. The zero-order valence-electron chi connectivity index (χ0n) is 10.4. The molecular formula is C12H20NO2P. The van der Waals surface area contributed by atoms with Crippen LogP contribution < -0.4 is 0 Å². The molecule has 1 aromatic carbocycles. The van der Waals surface area contributed by atoms with E-state index in [2.05, 4.69) is 14.6 Å². The molecule has 0 spiro atoms. The number of benzene rings is 1. The van der Waals surface area contributed by atoms with Gasteiger partial charge in [0.15, 0.2) is 0 Å². The van der Waals surface area contributed by atoms with Crippen LogP contribution in [0.1, 0.15) is 31.9 Å².